The molecule has 0 fully saturated rings. The Balaban J connectivity index is 1.67. The zero-order valence-electron chi connectivity index (χ0n) is 18.5. The molecule has 33 heavy (non-hydrogen) atoms. The fourth-order valence-electron chi connectivity index (χ4n) is 3.79. The lowest BCUT2D eigenvalue weighted by molar-refractivity contribution is -0.111. The van der Waals surface area contributed by atoms with E-state index in [2.05, 4.69) is 32.5 Å². The number of ether oxygens (including phenoxy) is 1. The molecule has 0 saturated heterocycles. The highest BCUT2D eigenvalue weighted by Crippen LogP contribution is 2.32. The fourth-order valence-corrected chi connectivity index (χ4v) is 3.79. The van der Waals surface area contributed by atoms with E-state index in [1.165, 1.54) is 6.08 Å². The number of carbonyl (C=O) groups is 2. The molecule has 2 aromatic heterocycles. The van der Waals surface area contributed by atoms with E-state index < -0.39 is 0 Å². The summed E-state index contributed by atoms with van der Waals surface area (Å²) in [6.07, 6.45) is 4.91. The van der Waals surface area contributed by atoms with E-state index >= 15 is 0 Å². The van der Waals surface area contributed by atoms with Crippen LogP contribution in [0.3, 0.4) is 0 Å². The zero-order chi connectivity index (χ0) is 23.2. The number of rotatable bonds is 5. The molecule has 0 saturated carbocycles. The molecule has 1 aliphatic rings. The number of aromatic amines is 1. The quantitative estimate of drug-likeness (QED) is 0.450. The summed E-state index contributed by atoms with van der Waals surface area (Å²) in [5.74, 6) is 0.150. The first-order valence-electron chi connectivity index (χ1n) is 10.9. The average molecular weight is 446 g/mol. The van der Waals surface area contributed by atoms with E-state index in [-0.39, 0.29) is 11.8 Å². The molecule has 0 atom stereocenters. The molecule has 4 N–H and O–H groups in total. The summed E-state index contributed by atoms with van der Waals surface area (Å²) in [5.41, 5.74) is 5.33. The van der Waals surface area contributed by atoms with Gasteiger partial charge in [0.25, 0.3) is 5.91 Å². The summed E-state index contributed by atoms with van der Waals surface area (Å²) < 4.78 is 5.35. The average Bonchev–Trinajstić information content (AvgIpc) is 3.28. The number of nitrogens with zero attached hydrogens (tertiary/aromatic N) is 1. The number of hydrogen-bond donors (Lipinski definition) is 4. The molecule has 3 heterocycles. The number of aromatic nitrogens is 2. The second-order valence-electron chi connectivity index (χ2n) is 7.75. The van der Waals surface area contributed by atoms with Crippen LogP contribution in [0, 0.1) is 0 Å². The number of nitrogens with one attached hydrogen (secondary N) is 4. The summed E-state index contributed by atoms with van der Waals surface area (Å²) in [6, 6.07) is 11.2. The van der Waals surface area contributed by atoms with Crippen LogP contribution in [0.15, 0.2) is 55.3 Å². The Labute approximate surface area is 192 Å². The van der Waals surface area contributed by atoms with Gasteiger partial charge in [0.05, 0.1) is 24.1 Å². The Morgan fingerprint density at radius 3 is 2.82 bits per heavy atom. The van der Waals surface area contributed by atoms with Gasteiger partial charge in [0.2, 0.25) is 5.91 Å². The van der Waals surface area contributed by atoms with E-state index in [1.807, 2.05) is 30.3 Å². The van der Waals surface area contributed by atoms with E-state index in [9.17, 15) is 9.59 Å². The third-order valence-corrected chi connectivity index (χ3v) is 5.52. The summed E-state index contributed by atoms with van der Waals surface area (Å²) in [4.78, 5) is 32.4. The van der Waals surface area contributed by atoms with Gasteiger partial charge in [0.15, 0.2) is 0 Å². The molecule has 1 aromatic carbocycles. The molecular weight excluding hydrogens is 418 g/mol. The molecule has 0 bridgehead atoms. The molecule has 0 aliphatic carbocycles. The third kappa shape index (κ3) is 5.12. The van der Waals surface area contributed by atoms with E-state index in [1.54, 1.807) is 19.4 Å². The van der Waals surface area contributed by atoms with Crippen LogP contribution in [-0.2, 0) is 11.3 Å². The van der Waals surface area contributed by atoms with Gasteiger partial charge in [-0.2, -0.15) is 0 Å². The predicted molar refractivity (Wildman–Crippen MR) is 128 cm³/mol. The normalized spacial score (nSPS) is 14.0. The predicted octanol–water partition coefficient (Wildman–Crippen LogP) is 3.49. The lowest BCUT2D eigenvalue weighted by Crippen LogP contribution is -2.28. The summed E-state index contributed by atoms with van der Waals surface area (Å²) in [5, 5.41) is 9.15. The van der Waals surface area contributed by atoms with Crippen LogP contribution in [0.5, 0.6) is 5.75 Å². The van der Waals surface area contributed by atoms with Crippen LogP contribution in [0.4, 0.5) is 5.69 Å². The first-order valence-corrected chi connectivity index (χ1v) is 10.9. The maximum atomic E-state index is 12.6. The number of amides is 2. The van der Waals surface area contributed by atoms with E-state index in [4.69, 9.17) is 4.74 Å². The first kappa shape index (κ1) is 22.3. The SMILES string of the molecule is C=CC(=O)Nc1cc(-c2cc(-c3cc4c([nH]3)CNCCCCNC4=O)ccn2)ccc1OC. The van der Waals surface area contributed by atoms with Crippen molar-refractivity contribution in [2.24, 2.45) is 0 Å². The summed E-state index contributed by atoms with van der Waals surface area (Å²) >= 11 is 0. The maximum Gasteiger partial charge on any atom is 0.253 e. The number of H-pyrrole nitrogens is 1. The van der Waals surface area contributed by atoms with E-state index in [0.29, 0.717) is 30.1 Å². The highest BCUT2D eigenvalue weighted by Gasteiger charge is 2.17. The van der Waals surface area contributed by atoms with Gasteiger partial charge in [0.1, 0.15) is 5.75 Å². The molecule has 3 aromatic rings. The number of fused-ring (bicyclic) bond motifs is 1. The van der Waals surface area contributed by atoms with Crippen molar-refractivity contribution in [1.82, 2.24) is 20.6 Å². The second-order valence-corrected chi connectivity index (χ2v) is 7.75. The van der Waals surface area contributed by atoms with Crippen LogP contribution in [0.25, 0.3) is 22.5 Å². The summed E-state index contributed by atoms with van der Waals surface area (Å²) in [6.45, 7) is 5.67. The standard InChI is InChI=1S/C25H27N5O3/c1-3-24(31)30-21-13-16(6-7-23(21)33-2)19-12-17(8-11-27-19)20-14-18-22(29-20)15-26-9-4-5-10-28-25(18)32/h3,6-8,11-14,26,29H,1,4-5,9-10,15H2,2H3,(H,28,32)(H,30,31). The number of pyridine rings is 1. The minimum absolute atomic E-state index is 0.0664. The summed E-state index contributed by atoms with van der Waals surface area (Å²) in [7, 11) is 1.55. The maximum absolute atomic E-state index is 12.6. The monoisotopic (exact) mass is 445 g/mol. The van der Waals surface area contributed by atoms with Crippen LogP contribution in [-0.4, -0.2) is 42.0 Å². The van der Waals surface area contributed by atoms with E-state index in [0.717, 1.165) is 47.6 Å². The van der Waals surface area contributed by atoms with Crippen molar-refractivity contribution >= 4 is 17.5 Å². The van der Waals surface area contributed by atoms with Crippen molar-refractivity contribution in [2.45, 2.75) is 19.4 Å². The minimum Gasteiger partial charge on any atom is -0.495 e. The van der Waals surface area contributed by atoms with Crippen LogP contribution in [0.2, 0.25) is 0 Å². The third-order valence-electron chi connectivity index (χ3n) is 5.52. The second kappa shape index (κ2) is 10.1. The van der Waals surface area contributed by atoms with Crippen molar-refractivity contribution in [3.8, 4) is 28.3 Å². The van der Waals surface area contributed by atoms with Crippen molar-refractivity contribution < 1.29 is 14.3 Å². The van der Waals surface area contributed by atoms with Crippen molar-refractivity contribution in [3.63, 3.8) is 0 Å². The number of anilines is 1. The molecule has 0 unspecified atom stereocenters. The number of hydrogen-bond acceptors (Lipinski definition) is 5. The van der Waals surface area contributed by atoms with Gasteiger partial charge in [-0.05, 0) is 61.9 Å². The van der Waals surface area contributed by atoms with Gasteiger partial charge in [-0.15, -0.1) is 0 Å². The smallest absolute Gasteiger partial charge is 0.253 e. The van der Waals surface area contributed by atoms with Crippen molar-refractivity contribution in [3.05, 3.63) is 66.5 Å². The Hall–Kier alpha value is -3.91. The van der Waals surface area contributed by atoms with Crippen LogP contribution in [0.1, 0.15) is 28.9 Å². The minimum atomic E-state index is -0.325. The highest BCUT2D eigenvalue weighted by molar-refractivity contribution is 6.00. The molecule has 8 nitrogen and oxygen atoms in total. The molecule has 1 aliphatic heterocycles. The first-order chi connectivity index (χ1) is 16.1. The lowest BCUT2D eigenvalue weighted by atomic mass is 10.1. The van der Waals surface area contributed by atoms with Crippen LogP contribution >= 0.6 is 0 Å². The molecule has 2 amide bonds. The molecule has 4 rings (SSSR count). The lowest BCUT2D eigenvalue weighted by Gasteiger charge is -2.11. The Morgan fingerprint density at radius 1 is 1.15 bits per heavy atom. The largest absolute Gasteiger partial charge is 0.495 e. The number of methoxy groups -OCH3 is 1. The zero-order valence-corrected chi connectivity index (χ0v) is 18.5. The molecule has 0 spiro atoms. The Morgan fingerprint density at radius 2 is 2.00 bits per heavy atom. The Kier molecular flexibility index (Phi) is 6.85. The molecular formula is C25H27N5O3. The van der Waals surface area contributed by atoms with Gasteiger partial charge in [-0.3, -0.25) is 14.6 Å². The van der Waals surface area contributed by atoms with Crippen molar-refractivity contribution in [2.75, 3.05) is 25.5 Å². The van der Waals surface area contributed by atoms with Gasteiger partial charge in [-0.25, -0.2) is 0 Å². The Bertz CT molecular complexity index is 1180. The van der Waals surface area contributed by atoms with Gasteiger partial charge in [-0.1, -0.05) is 6.58 Å². The fraction of sp³-hybridized carbons (Fsp3) is 0.240. The molecule has 8 heteroatoms. The molecule has 170 valence electrons. The van der Waals surface area contributed by atoms with Crippen LogP contribution < -0.4 is 20.7 Å². The number of benzene rings is 1. The molecule has 0 radical (unpaired) electrons. The van der Waals surface area contributed by atoms with Gasteiger partial charge >= 0.3 is 0 Å². The number of carbonyl (C=O) groups excluding carboxylic acids is 2. The topological polar surface area (TPSA) is 108 Å². The van der Waals surface area contributed by atoms with Gasteiger partial charge in [0, 0.05) is 41.8 Å². The van der Waals surface area contributed by atoms with Crippen molar-refractivity contribution in [1.29, 1.82) is 0 Å². The highest BCUT2D eigenvalue weighted by atomic mass is 16.5. The van der Waals surface area contributed by atoms with Gasteiger partial charge < -0.3 is 25.7 Å².